The smallest absolute Gasteiger partial charge is 0.134 e. The Morgan fingerprint density at radius 3 is 0.683 bits per heavy atom. The fourth-order valence-electron chi connectivity index (χ4n) is 7.71. The maximum absolute atomic E-state index is 6.26. The van der Waals surface area contributed by atoms with Gasteiger partial charge in [-0.05, 0) is 132 Å². The van der Waals surface area contributed by atoms with Crippen molar-refractivity contribution in [1.82, 2.24) is 0 Å². The fraction of sp³-hybridized carbons (Fsp3) is 0. The van der Waals surface area contributed by atoms with Crippen molar-refractivity contribution in [2.45, 2.75) is 0 Å². The molecule has 4 heteroatoms. The Hall–Kier alpha value is -8.08. The second kappa shape index (κ2) is 16.4. The molecule has 60 heavy (non-hydrogen) atoms. The molecule has 0 amide bonds. The van der Waals surface area contributed by atoms with E-state index >= 15 is 0 Å². The zero-order valence-corrected chi connectivity index (χ0v) is 32.8. The maximum Gasteiger partial charge on any atom is 0.134 e. The molecular formula is C56H40N2O2. The molecule has 0 unspecified atom stereocenters. The first-order chi connectivity index (χ1) is 29.7. The van der Waals surface area contributed by atoms with Crippen LogP contribution in [0.3, 0.4) is 0 Å². The topological polar surface area (TPSA) is 32.8 Å². The van der Waals surface area contributed by atoms with E-state index in [1.807, 2.05) is 60.7 Å². The summed E-state index contributed by atoms with van der Waals surface area (Å²) >= 11 is 0. The van der Waals surface area contributed by atoms with Crippen LogP contribution in [0, 0.1) is 0 Å². The van der Waals surface area contributed by atoms with E-state index < -0.39 is 0 Å². The second-order valence-corrected chi connectivity index (χ2v) is 14.6. The highest BCUT2D eigenvalue weighted by Crippen LogP contribution is 2.40. The first-order valence-electron chi connectivity index (χ1n) is 20.2. The highest BCUT2D eigenvalue weighted by Gasteiger charge is 2.16. The molecule has 4 nitrogen and oxygen atoms in total. The largest absolute Gasteiger partial charge is 0.456 e. The summed E-state index contributed by atoms with van der Waals surface area (Å²) in [6.07, 6.45) is 0. The van der Waals surface area contributed by atoms with Gasteiger partial charge in [0.15, 0.2) is 0 Å². The molecular weight excluding hydrogens is 733 g/mol. The van der Waals surface area contributed by atoms with Gasteiger partial charge in [-0.2, -0.15) is 0 Å². The highest BCUT2D eigenvalue weighted by molar-refractivity contribution is 5.82. The van der Waals surface area contributed by atoms with E-state index in [9.17, 15) is 0 Å². The highest BCUT2D eigenvalue weighted by atomic mass is 16.3. The maximum atomic E-state index is 6.26. The van der Waals surface area contributed by atoms with Crippen LogP contribution in [0.2, 0.25) is 0 Å². The monoisotopic (exact) mass is 772 g/mol. The molecule has 10 aromatic rings. The van der Waals surface area contributed by atoms with Gasteiger partial charge in [0, 0.05) is 56.4 Å². The Morgan fingerprint density at radius 2 is 0.400 bits per heavy atom. The summed E-state index contributed by atoms with van der Waals surface area (Å²) in [5.74, 6) is 3.40. The molecule has 8 aromatic carbocycles. The quantitative estimate of drug-likeness (QED) is 0.131. The molecule has 0 aliphatic heterocycles. The van der Waals surface area contributed by atoms with Gasteiger partial charge in [0.05, 0.1) is 0 Å². The van der Waals surface area contributed by atoms with Crippen LogP contribution in [0.4, 0.5) is 34.1 Å². The van der Waals surface area contributed by atoms with Crippen molar-refractivity contribution >= 4 is 34.1 Å². The van der Waals surface area contributed by atoms with E-state index in [0.29, 0.717) is 0 Å². The zero-order valence-electron chi connectivity index (χ0n) is 32.8. The third-order valence-corrected chi connectivity index (χ3v) is 10.8. The normalized spacial score (nSPS) is 11.0. The first kappa shape index (κ1) is 36.3. The first-order valence-corrected chi connectivity index (χ1v) is 20.2. The minimum absolute atomic E-state index is 0.842. The molecule has 0 N–H and O–H groups in total. The summed E-state index contributed by atoms with van der Waals surface area (Å²) < 4.78 is 12.5. The molecule has 0 atom stereocenters. The number of anilines is 6. The van der Waals surface area contributed by atoms with Crippen molar-refractivity contribution < 1.29 is 8.83 Å². The molecule has 0 fully saturated rings. The number of benzene rings is 8. The van der Waals surface area contributed by atoms with Gasteiger partial charge in [0.1, 0.15) is 23.0 Å². The van der Waals surface area contributed by atoms with Crippen LogP contribution in [0.1, 0.15) is 0 Å². The van der Waals surface area contributed by atoms with Crippen LogP contribution < -0.4 is 9.80 Å². The third-order valence-electron chi connectivity index (χ3n) is 10.8. The van der Waals surface area contributed by atoms with E-state index in [4.69, 9.17) is 8.83 Å². The van der Waals surface area contributed by atoms with Crippen molar-refractivity contribution in [2.75, 3.05) is 9.80 Å². The van der Waals surface area contributed by atoms with Crippen molar-refractivity contribution in [3.05, 3.63) is 243 Å². The molecule has 10 rings (SSSR count). The number of rotatable bonds is 11. The number of nitrogens with zero attached hydrogens (tertiary/aromatic N) is 2. The Kier molecular flexibility index (Phi) is 9.92. The van der Waals surface area contributed by atoms with Gasteiger partial charge in [-0.25, -0.2) is 0 Å². The molecule has 0 saturated heterocycles. The van der Waals surface area contributed by atoms with E-state index in [2.05, 4.69) is 192 Å². The van der Waals surface area contributed by atoms with Crippen LogP contribution in [-0.2, 0) is 0 Å². The molecule has 0 aliphatic rings. The summed E-state index contributed by atoms with van der Waals surface area (Å²) in [5.41, 5.74) is 12.9. The van der Waals surface area contributed by atoms with Gasteiger partial charge in [0.2, 0.25) is 0 Å². The Balaban J connectivity index is 0.899. The predicted octanol–water partition coefficient (Wildman–Crippen LogP) is 16.1. The average molecular weight is 773 g/mol. The molecule has 2 heterocycles. The van der Waals surface area contributed by atoms with Gasteiger partial charge in [-0.1, -0.05) is 121 Å². The van der Waals surface area contributed by atoms with Crippen molar-refractivity contribution in [2.24, 2.45) is 0 Å². The lowest BCUT2D eigenvalue weighted by molar-refractivity contribution is 0.597. The molecule has 0 radical (unpaired) electrons. The number of furan rings is 2. The molecule has 0 saturated carbocycles. The molecule has 2 aromatic heterocycles. The predicted molar refractivity (Wildman–Crippen MR) is 248 cm³/mol. The van der Waals surface area contributed by atoms with Gasteiger partial charge in [0.25, 0.3) is 0 Å². The molecule has 0 spiro atoms. The SMILES string of the molecule is c1ccc(-c2ccc(-c3ccc(N(c4ccccc4)c4ccc(-c5ccc(N(c6ccccc6)c6ccc(-c7ccc(-c8ccccc8)o7)cc6)cc5)cc4)cc3)o2)cc1. The van der Waals surface area contributed by atoms with Crippen LogP contribution >= 0.6 is 0 Å². The molecule has 0 aliphatic carbocycles. The van der Waals surface area contributed by atoms with Gasteiger partial charge >= 0.3 is 0 Å². The van der Waals surface area contributed by atoms with Gasteiger partial charge < -0.3 is 18.6 Å². The molecule has 0 bridgehead atoms. The van der Waals surface area contributed by atoms with Crippen molar-refractivity contribution in [3.8, 4) is 56.4 Å². The van der Waals surface area contributed by atoms with Crippen LogP contribution in [-0.4, -0.2) is 0 Å². The number of hydrogen-bond acceptors (Lipinski definition) is 4. The van der Waals surface area contributed by atoms with Crippen molar-refractivity contribution in [3.63, 3.8) is 0 Å². The fourth-order valence-corrected chi connectivity index (χ4v) is 7.71. The minimum Gasteiger partial charge on any atom is -0.456 e. The Morgan fingerprint density at radius 1 is 0.183 bits per heavy atom. The lowest BCUT2D eigenvalue weighted by Crippen LogP contribution is -2.10. The van der Waals surface area contributed by atoms with E-state index in [0.717, 1.165) is 90.5 Å². The van der Waals surface area contributed by atoms with Crippen LogP contribution in [0.5, 0.6) is 0 Å². The number of para-hydroxylation sites is 2. The summed E-state index contributed by atoms with van der Waals surface area (Å²) in [4.78, 5) is 4.57. The van der Waals surface area contributed by atoms with Gasteiger partial charge in [-0.3, -0.25) is 0 Å². The van der Waals surface area contributed by atoms with E-state index in [-0.39, 0.29) is 0 Å². The van der Waals surface area contributed by atoms with E-state index in [1.165, 1.54) is 0 Å². The Labute approximate surface area is 350 Å². The number of hydrogen-bond donors (Lipinski definition) is 0. The molecule has 286 valence electrons. The summed E-state index contributed by atoms with van der Waals surface area (Å²) in [5, 5.41) is 0. The summed E-state index contributed by atoms with van der Waals surface area (Å²) in [6, 6.07) is 84.3. The van der Waals surface area contributed by atoms with Crippen LogP contribution in [0.25, 0.3) is 56.4 Å². The lowest BCUT2D eigenvalue weighted by atomic mass is 10.0. The standard InChI is InChI=1S/C56H40N2O2/c1-5-13-43(14-6-1)53-37-39-55(59-53)45-25-33-51(34-26-45)57(47-17-9-3-10-18-47)49-29-21-41(22-30-49)42-23-31-50(32-24-42)58(48-19-11-4-12-20-48)52-35-27-46(28-36-52)56-40-38-54(60-56)44-15-7-2-8-16-44/h1-40H. The van der Waals surface area contributed by atoms with Gasteiger partial charge in [-0.15, -0.1) is 0 Å². The minimum atomic E-state index is 0.842. The Bertz CT molecular complexity index is 2710. The average Bonchev–Trinajstić information content (AvgIpc) is 4.04. The summed E-state index contributed by atoms with van der Waals surface area (Å²) in [7, 11) is 0. The lowest BCUT2D eigenvalue weighted by Gasteiger charge is -2.26. The van der Waals surface area contributed by atoms with E-state index in [1.54, 1.807) is 0 Å². The van der Waals surface area contributed by atoms with Crippen molar-refractivity contribution in [1.29, 1.82) is 0 Å². The summed E-state index contributed by atoms with van der Waals surface area (Å²) in [6.45, 7) is 0. The zero-order chi connectivity index (χ0) is 40.1. The second-order valence-electron chi connectivity index (χ2n) is 14.6. The third kappa shape index (κ3) is 7.53. The van der Waals surface area contributed by atoms with Crippen LogP contribution in [0.15, 0.2) is 251 Å².